The van der Waals surface area contributed by atoms with Gasteiger partial charge in [0.2, 0.25) is 0 Å². The van der Waals surface area contributed by atoms with Gasteiger partial charge in [0.1, 0.15) is 0 Å². The first-order chi connectivity index (χ1) is 8.86. The molecular weight excluding hydrogens is 285 g/mol. The smallest absolute Gasteiger partial charge is 0.365 e. The molecule has 0 aromatic carbocycles. The van der Waals surface area contributed by atoms with Gasteiger partial charge < -0.3 is 10.2 Å². The number of nitrogens with zero attached hydrogens (tertiary/aromatic N) is 3. The number of hydrogen-bond acceptors (Lipinski definition) is 6. The van der Waals surface area contributed by atoms with E-state index in [4.69, 9.17) is 0 Å². The van der Waals surface area contributed by atoms with Gasteiger partial charge in [0.05, 0.1) is 11.5 Å². The standard InChI is InChI=1S/C9H9F3N4O2S/c10-9(11,12)8-14-3-6(19-8)4-15-2-1-13-7(15)5-16(17)18/h3,5,13H,1-2,4H2/b7-5+. The van der Waals surface area contributed by atoms with E-state index < -0.39 is 16.1 Å². The summed E-state index contributed by atoms with van der Waals surface area (Å²) in [7, 11) is 0. The van der Waals surface area contributed by atoms with Gasteiger partial charge in [0, 0.05) is 24.2 Å². The molecule has 10 heteroatoms. The third kappa shape index (κ3) is 3.34. The number of alkyl halides is 3. The zero-order chi connectivity index (χ0) is 14.0. The molecule has 1 aliphatic rings. The van der Waals surface area contributed by atoms with Crippen molar-refractivity contribution in [3.8, 4) is 0 Å². The third-order valence-corrected chi connectivity index (χ3v) is 3.43. The second-order valence-electron chi connectivity index (χ2n) is 3.78. The molecule has 0 unspecified atom stereocenters. The molecule has 1 fully saturated rings. The number of thiazole rings is 1. The fourth-order valence-corrected chi connectivity index (χ4v) is 2.44. The molecule has 0 atom stereocenters. The second-order valence-corrected chi connectivity index (χ2v) is 4.89. The third-order valence-electron chi connectivity index (χ3n) is 2.40. The summed E-state index contributed by atoms with van der Waals surface area (Å²) in [5.41, 5.74) is 0. The first-order valence-electron chi connectivity index (χ1n) is 5.22. The van der Waals surface area contributed by atoms with Crippen molar-refractivity contribution in [2.45, 2.75) is 12.7 Å². The van der Waals surface area contributed by atoms with Crippen LogP contribution in [0.4, 0.5) is 13.2 Å². The molecule has 1 aliphatic heterocycles. The van der Waals surface area contributed by atoms with Crippen LogP contribution in [0.1, 0.15) is 9.88 Å². The van der Waals surface area contributed by atoms with E-state index in [1.807, 2.05) is 0 Å². The predicted octanol–water partition coefficient (Wildman–Crippen LogP) is 1.64. The van der Waals surface area contributed by atoms with E-state index in [1.165, 1.54) is 0 Å². The Morgan fingerprint density at radius 2 is 2.37 bits per heavy atom. The second kappa shape index (κ2) is 5.03. The molecular formula is C9H9F3N4O2S. The molecule has 104 valence electrons. The fourth-order valence-electron chi connectivity index (χ4n) is 1.64. The number of nitrogens with one attached hydrogen (secondary N) is 1. The highest BCUT2D eigenvalue weighted by molar-refractivity contribution is 7.11. The molecule has 19 heavy (non-hydrogen) atoms. The SMILES string of the molecule is O=[N+]([O-])/C=C1\NCCN1Cc1cnc(C(F)(F)F)s1. The van der Waals surface area contributed by atoms with Crippen LogP contribution in [-0.2, 0) is 12.7 Å². The van der Waals surface area contributed by atoms with Crippen molar-refractivity contribution in [2.75, 3.05) is 13.1 Å². The summed E-state index contributed by atoms with van der Waals surface area (Å²) >= 11 is 0.545. The summed E-state index contributed by atoms with van der Waals surface area (Å²) in [6.07, 6.45) is -2.50. The maximum absolute atomic E-state index is 12.4. The van der Waals surface area contributed by atoms with Gasteiger partial charge in [-0.15, -0.1) is 11.3 Å². The van der Waals surface area contributed by atoms with E-state index in [0.717, 1.165) is 12.4 Å². The summed E-state index contributed by atoms with van der Waals surface area (Å²) in [5, 5.41) is 12.3. The molecule has 1 N–H and O–H groups in total. The molecule has 0 radical (unpaired) electrons. The number of nitro groups is 1. The minimum atomic E-state index is -4.45. The minimum absolute atomic E-state index is 0.167. The van der Waals surface area contributed by atoms with E-state index in [9.17, 15) is 23.3 Å². The first kappa shape index (κ1) is 13.6. The molecule has 2 rings (SSSR count). The molecule has 0 amide bonds. The van der Waals surface area contributed by atoms with Gasteiger partial charge in [-0.25, -0.2) is 4.98 Å². The summed E-state index contributed by atoms with van der Waals surface area (Å²) in [6, 6.07) is 0. The molecule has 2 heterocycles. The largest absolute Gasteiger partial charge is 0.443 e. The molecule has 0 saturated carbocycles. The monoisotopic (exact) mass is 294 g/mol. The highest BCUT2D eigenvalue weighted by Gasteiger charge is 2.34. The average Bonchev–Trinajstić information content (AvgIpc) is 2.88. The Morgan fingerprint density at radius 3 is 2.95 bits per heavy atom. The van der Waals surface area contributed by atoms with E-state index in [0.29, 0.717) is 35.1 Å². The number of halogens is 3. The Hall–Kier alpha value is -1.84. The Kier molecular flexibility index (Phi) is 3.60. The fraction of sp³-hybridized carbons (Fsp3) is 0.444. The molecule has 1 saturated heterocycles. The van der Waals surface area contributed by atoms with Crippen LogP contribution in [0.3, 0.4) is 0 Å². The Morgan fingerprint density at radius 1 is 1.63 bits per heavy atom. The lowest BCUT2D eigenvalue weighted by molar-refractivity contribution is -0.404. The minimum Gasteiger partial charge on any atom is -0.365 e. The molecule has 0 spiro atoms. The van der Waals surface area contributed by atoms with Crippen LogP contribution in [-0.4, -0.2) is 27.9 Å². The lowest BCUT2D eigenvalue weighted by Gasteiger charge is -2.15. The van der Waals surface area contributed by atoms with E-state index in [-0.39, 0.29) is 6.54 Å². The zero-order valence-electron chi connectivity index (χ0n) is 9.48. The lowest BCUT2D eigenvalue weighted by Crippen LogP contribution is -2.20. The van der Waals surface area contributed by atoms with E-state index in [2.05, 4.69) is 10.3 Å². The highest BCUT2D eigenvalue weighted by Crippen LogP contribution is 2.33. The van der Waals surface area contributed by atoms with Crippen LogP contribution in [0.2, 0.25) is 0 Å². The number of rotatable bonds is 3. The van der Waals surface area contributed by atoms with Crippen LogP contribution in [0, 0.1) is 10.1 Å². The van der Waals surface area contributed by atoms with Gasteiger partial charge in [-0.3, -0.25) is 10.1 Å². The van der Waals surface area contributed by atoms with Crippen molar-refractivity contribution in [1.29, 1.82) is 0 Å². The van der Waals surface area contributed by atoms with Gasteiger partial charge >= 0.3 is 6.18 Å². The normalized spacial score (nSPS) is 17.8. The summed E-state index contributed by atoms with van der Waals surface area (Å²) in [4.78, 5) is 15.1. The zero-order valence-corrected chi connectivity index (χ0v) is 10.3. The van der Waals surface area contributed by atoms with E-state index in [1.54, 1.807) is 4.90 Å². The van der Waals surface area contributed by atoms with Gasteiger partial charge in [0.25, 0.3) is 6.20 Å². The van der Waals surface area contributed by atoms with Crippen LogP contribution >= 0.6 is 11.3 Å². The van der Waals surface area contributed by atoms with Crippen molar-refractivity contribution in [2.24, 2.45) is 0 Å². The summed E-state index contributed by atoms with van der Waals surface area (Å²) < 4.78 is 37.2. The highest BCUT2D eigenvalue weighted by atomic mass is 32.1. The maximum Gasteiger partial charge on any atom is 0.443 e. The van der Waals surface area contributed by atoms with E-state index >= 15 is 0 Å². The van der Waals surface area contributed by atoms with Crippen LogP contribution < -0.4 is 5.32 Å². The summed E-state index contributed by atoms with van der Waals surface area (Å²) in [5.74, 6) is 0.298. The van der Waals surface area contributed by atoms with Gasteiger partial charge in [0.15, 0.2) is 10.8 Å². The van der Waals surface area contributed by atoms with Crippen molar-refractivity contribution in [3.05, 3.63) is 38.2 Å². The van der Waals surface area contributed by atoms with Crippen LogP contribution in [0.25, 0.3) is 0 Å². The lowest BCUT2D eigenvalue weighted by atomic mass is 10.4. The number of hydrogen-bond donors (Lipinski definition) is 1. The van der Waals surface area contributed by atoms with Gasteiger partial charge in [-0.1, -0.05) is 0 Å². The van der Waals surface area contributed by atoms with Gasteiger partial charge in [-0.05, 0) is 0 Å². The van der Waals surface area contributed by atoms with Gasteiger partial charge in [-0.2, -0.15) is 13.2 Å². The molecule has 1 aromatic rings. The molecule has 0 aliphatic carbocycles. The first-order valence-corrected chi connectivity index (χ1v) is 6.04. The Bertz CT molecular complexity index is 514. The Labute approximate surface area is 109 Å². The summed E-state index contributed by atoms with van der Waals surface area (Å²) in [6.45, 7) is 1.18. The predicted molar refractivity (Wildman–Crippen MR) is 60.6 cm³/mol. The number of aromatic nitrogens is 1. The van der Waals surface area contributed by atoms with Crippen LogP contribution in [0.5, 0.6) is 0 Å². The average molecular weight is 294 g/mol. The molecule has 0 bridgehead atoms. The van der Waals surface area contributed by atoms with Crippen LogP contribution in [0.15, 0.2) is 18.2 Å². The van der Waals surface area contributed by atoms with Crippen molar-refractivity contribution in [1.82, 2.24) is 15.2 Å². The molecule has 1 aromatic heterocycles. The van der Waals surface area contributed by atoms with Crippen molar-refractivity contribution < 1.29 is 18.1 Å². The quantitative estimate of drug-likeness (QED) is 0.678. The molecule has 6 nitrogen and oxygen atoms in total. The van der Waals surface area contributed by atoms with Crippen molar-refractivity contribution >= 4 is 11.3 Å². The maximum atomic E-state index is 12.4. The van der Waals surface area contributed by atoms with Crippen molar-refractivity contribution in [3.63, 3.8) is 0 Å². The Balaban J connectivity index is 2.09. The topological polar surface area (TPSA) is 71.3 Å².